The lowest BCUT2D eigenvalue weighted by atomic mass is 9.74. The van der Waals surface area contributed by atoms with E-state index in [1.165, 1.54) is 6.20 Å². The van der Waals surface area contributed by atoms with E-state index in [2.05, 4.69) is 16.8 Å². The molecule has 0 bridgehead atoms. The number of rotatable bonds is 7. The lowest BCUT2D eigenvalue weighted by Crippen LogP contribution is -2.42. The Labute approximate surface area is 218 Å². The Morgan fingerprint density at radius 1 is 1.19 bits per heavy atom. The predicted octanol–water partition coefficient (Wildman–Crippen LogP) is 5.25. The number of nitrogens with zero attached hydrogens (tertiary/aromatic N) is 2. The molecule has 0 aliphatic carbocycles. The summed E-state index contributed by atoms with van der Waals surface area (Å²) in [5.41, 5.74) is 0.613. The molecule has 3 aromatic rings. The zero-order chi connectivity index (χ0) is 26.6. The number of piperidine rings is 1. The van der Waals surface area contributed by atoms with E-state index in [1.807, 2.05) is 11.0 Å². The van der Waals surface area contributed by atoms with E-state index in [4.69, 9.17) is 16.3 Å². The van der Waals surface area contributed by atoms with Gasteiger partial charge in [0.15, 0.2) is 11.6 Å². The van der Waals surface area contributed by atoms with Crippen molar-refractivity contribution in [3.63, 3.8) is 0 Å². The fraction of sp³-hybridized carbons (Fsp3) is 0.393. The van der Waals surface area contributed by atoms with Crippen molar-refractivity contribution in [1.82, 2.24) is 9.88 Å². The Hall–Kier alpha value is -2.83. The molecule has 2 heterocycles. The van der Waals surface area contributed by atoms with E-state index in [0.717, 1.165) is 11.5 Å². The maximum Gasteiger partial charge on any atom is 0.174 e. The molecular formula is C28H28ClF3N2O3. The molecule has 1 aromatic heterocycles. The molecule has 0 radical (unpaired) electrons. The SMILES string of the molecule is COc1ccc2ncc(Cl)c(C(O)CCC3(CO)CCN(CC#Cc4cc(F)cc(F)c4F)CC3)c2c1. The molecule has 0 spiro atoms. The van der Waals surface area contributed by atoms with Crippen LogP contribution in [0.2, 0.25) is 5.02 Å². The highest BCUT2D eigenvalue weighted by molar-refractivity contribution is 6.32. The summed E-state index contributed by atoms with van der Waals surface area (Å²) in [6.45, 7) is 1.57. The highest BCUT2D eigenvalue weighted by Crippen LogP contribution is 2.40. The lowest BCUT2D eigenvalue weighted by molar-refractivity contribution is 0.0273. The molecule has 5 nitrogen and oxygen atoms in total. The summed E-state index contributed by atoms with van der Waals surface area (Å²) in [6.07, 6.45) is 3.03. The first kappa shape index (κ1) is 27.2. The minimum Gasteiger partial charge on any atom is -0.497 e. The monoisotopic (exact) mass is 532 g/mol. The van der Waals surface area contributed by atoms with Crippen LogP contribution in [0.4, 0.5) is 13.2 Å². The summed E-state index contributed by atoms with van der Waals surface area (Å²) in [7, 11) is 1.57. The molecule has 196 valence electrons. The van der Waals surface area contributed by atoms with E-state index in [-0.39, 0.29) is 17.6 Å². The number of hydrogen-bond donors (Lipinski definition) is 2. The summed E-state index contributed by atoms with van der Waals surface area (Å²) in [5, 5.41) is 22.4. The number of methoxy groups -OCH3 is 1. The third kappa shape index (κ3) is 6.19. The minimum atomic E-state index is -1.27. The average molecular weight is 533 g/mol. The summed E-state index contributed by atoms with van der Waals surface area (Å²) < 4.78 is 45.8. The fourth-order valence-electron chi connectivity index (χ4n) is 4.79. The lowest BCUT2D eigenvalue weighted by Gasteiger charge is -2.40. The van der Waals surface area contributed by atoms with Crippen LogP contribution in [0.3, 0.4) is 0 Å². The Morgan fingerprint density at radius 2 is 1.95 bits per heavy atom. The smallest absolute Gasteiger partial charge is 0.174 e. The van der Waals surface area contributed by atoms with Crippen molar-refractivity contribution in [2.75, 3.05) is 33.4 Å². The van der Waals surface area contributed by atoms with Crippen LogP contribution in [0.1, 0.15) is 42.9 Å². The van der Waals surface area contributed by atoms with Gasteiger partial charge in [0.25, 0.3) is 0 Å². The predicted molar refractivity (Wildman–Crippen MR) is 136 cm³/mol. The van der Waals surface area contributed by atoms with Gasteiger partial charge in [-0.1, -0.05) is 23.4 Å². The van der Waals surface area contributed by atoms with E-state index in [9.17, 15) is 23.4 Å². The second kappa shape index (κ2) is 11.7. The molecule has 0 saturated carbocycles. The standard InChI is InChI=1S/C28H28ClF3N2O3/c1-37-20-4-5-24-21(15-20)26(22(29)16-33-24)25(36)6-7-28(17-35)8-11-34(12-9-28)10-2-3-18-13-19(30)14-23(31)27(18)32/h4-5,13-16,25,35-36H,6-12,17H2,1H3. The molecule has 2 N–H and O–H groups in total. The zero-order valence-corrected chi connectivity index (χ0v) is 21.2. The topological polar surface area (TPSA) is 65.8 Å². The van der Waals surface area contributed by atoms with Gasteiger partial charge in [-0.3, -0.25) is 9.88 Å². The Kier molecular flexibility index (Phi) is 8.60. The summed E-state index contributed by atoms with van der Waals surface area (Å²) in [6, 6.07) is 6.77. The van der Waals surface area contributed by atoms with Crippen LogP contribution in [0.25, 0.3) is 10.9 Å². The number of aliphatic hydroxyl groups is 2. The van der Waals surface area contributed by atoms with Gasteiger partial charge >= 0.3 is 0 Å². The first-order valence-corrected chi connectivity index (χ1v) is 12.4. The van der Waals surface area contributed by atoms with Crippen LogP contribution in [-0.4, -0.2) is 53.4 Å². The largest absolute Gasteiger partial charge is 0.497 e. The van der Waals surface area contributed by atoms with Crippen molar-refractivity contribution in [3.05, 3.63) is 70.1 Å². The van der Waals surface area contributed by atoms with Gasteiger partial charge in [-0.25, -0.2) is 13.2 Å². The number of likely N-dealkylation sites (tertiary alicyclic amines) is 1. The second-order valence-electron chi connectivity index (χ2n) is 9.44. The number of ether oxygens (including phenoxy) is 1. The second-order valence-corrected chi connectivity index (χ2v) is 9.85. The molecule has 4 rings (SSSR count). The van der Waals surface area contributed by atoms with E-state index in [0.29, 0.717) is 73.2 Å². The van der Waals surface area contributed by atoms with Gasteiger partial charge in [0.2, 0.25) is 0 Å². The number of benzene rings is 2. The number of halogens is 4. The van der Waals surface area contributed by atoms with Crippen LogP contribution < -0.4 is 4.74 Å². The summed E-state index contributed by atoms with van der Waals surface area (Å²) in [4.78, 5) is 6.38. The molecule has 1 fully saturated rings. The first-order valence-electron chi connectivity index (χ1n) is 12.0. The van der Waals surface area contributed by atoms with Gasteiger partial charge in [0.1, 0.15) is 11.6 Å². The number of fused-ring (bicyclic) bond motifs is 1. The van der Waals surface area contributed by atoms with E-state index < -0.39 is 23.6 Å². The molecule has 37 heavy (non-hydrogen) atoms. The van der Waals surface area contributed by atoms with Crippen molar-refractivity contribution >= 4 is 22.5 Å². The molecule has 1 aliphatic heterocycles. The molecule has 1 atom stereocenters. The molecule has 9 heteroatoms. The highest BCUT2D eigenvalue weighted by atomic mass is 35.5. The zero-order valence-electron chi connectivity index (χ0n) is 20.4. The Bertz CT molecular complexity index is 1330. The van der Waals surface area contributed by atoms with Crippen LogP contribution in [-0.2, 0) is 0 Å². The maximum atomic E-state index is 13.8. The number of hydrogen-bond acceptors (Lipinski definition) is 5. The van der Waals surface area contributed by atoms with Crippen molar-refractivity contribution in [2.45, 2.75) is 31.8 Å². The molecular weight excluding hydrogens is 505 g/mol. The van der Waals surface area contributed by atoms with Crippen molar-refractivity contribution in [3.8, 4) is 17.6 Å². The van der Waals surface area contributed by atoms with Crippen LogP contribution in [0.5, 0.6) is 5.75 Å². The normalized spacial score (nSPS) is 16.3. The van der Waals surface area contributed by atoms with Gasteiger partial charge in [-0.2, -0.15) is 0 Å². The minimum absolute atomic E-state index is 0.0222. The Balaban J connectivity index is 1.38. The number of aromatic nitrogens is 1. The van der Waals surface area contributed by atoms with Crippen LogP contribution in [0.15, 0.2) is 36.5 Å². The highest BCUT2D eigenvalue weighted by Gasteiger charge is 2.34. The van der Waals surface area contributed by atoms with Crippen LogP contribution >= 0.6 is 11.6 Å². The summed E-state index contributed by atoms with van der Waals surface area (Å²) in [5.74, 6) is 2.62. The van der Waals surface area contributed by atoms with Gasteiger partial charge in [-0.15, -0.1) is 0 Å². The molecule has 1 aliphatic rings. The third-order valence-electron chi connectivity index (χ3n) is 7.12. The number of pyridine rings is 1. The van der Waals surface area contributed by atoms with Gasteiger partial charge < -0.3 is 14.9 Å². The third-order valence-corrected chi connectivity index (χ3v) is 7.42. The quantitative estimate of drug-likeness (QED) is 0.321. The van der Waals surface area contributed by atoms with Crippen molar-refractivity contribution in [1.29, 1.82) is 0 Å². The molecule has 1 unspecified atom stereocenters. The Morgan fingerprint density at radius 3 is 2.65 bits per heavy atom. The van der Waals surface area contributed by atoms with Crippen molar-refractivity contribution < 1.29 is 28.1 Å². The van der Waals surface area contributed by atoms with E-state index >= 15 is 0 Å². The number of aliphatic hydroxyl groups excluding tert-OH is 2. The van der Waals surface area contributed by atoms with Gasteiger partial charge in [0.05, 0.1) is 35.9 Å². The molecule has 0 amide bonds. The molecule has 1 saturated heterocycles. The van der Waals surface area contributed by atoms with Gasteiger partial charge in [-0.05, 0) is 68.5 Å². The van der Waals surface area contributed by atoms with Crippen molar-refractivity contribution in [2.24, 2.45) is 5.41 Å². The first-order chi connectivity index (χ1) is 17.7. The van der Waals surface area contributed by atoms with Gasteiger partial charge in [0, 0.05) is 29.8 Å². The van der Waals surface area contributed by atoms with Crippen LogP contribution in [0, 0.1) is 34.7 Å². The molecule has 2 aromatic carbocycles. The summed E-state index contributed by atoms with van der Waals surface area (Å²) >= 11 is 6.43. The fourth-order valence-corrected chi connectivity index (χ4v) is 5.06. The maximum absolute atomic E-state index is 13.8. The average Bonchev–Trinajstić information content (AvgIpc) is 2.90. The van der Waals surface area contributed by atoms with E-state index in [1.54, 1.807) is 19.2 Å².